The second-order valence-electron chi connectivity index (χ2n) is 4.07. The monoisotopic (exact) mass is 288 g/mol. The standard InChI is InChI=1S/C13H24N2O3S/c1-3-5-14-13-15-10-12(19-13)11-18-9-8-17-7-4-6-16-2/h10H,3-9,11H2,1-2H3,(H,14,15). The lowest BCUT2D eigenvalue weighted by molar-refractivity contribution is 0.0344. The summed E-state index contributed by atoms with van der Waals surface area (Å²) in [4.78, 5) is 5.42. The zero-order valence-corrected chi connectivity index (χ0v) is 12.6. The van der Waals surface area contributed by atoms with E-state index in [-0.39, 0.29) is 0 Å². The van der Waals surface area contributed by atoms with Crippen LogP contribution in [0.3, 0.4) is 0 Å². The van der Waals surface area contributed by atoms with Crippen LogP contribution in [0.5, 0.6) is 0 Å². The van der Waals surface area contributed by atoms with Gasteiger partial charge in [0.25, 0.3) is 0 Å². The summed E-state index contributed by atoms with van der Waals surface area (Å²) >= 11 is 1.64. The van der Waals surface area contributed by atoms with E-state index in [0.29, 0.717) is 19.8 Å². The van der Waals surface area contributed by atoms with Crippen molar-refractivity contribution in [3.8, 4) is 0 Å². The third kappa shape index (κ3) is 8.15. The molecule has 1 N–H and O–H groups in total. The minimum atomic E-state index is 0.604. The summed E-state index contributed by atoms with van der Waals surface area (Å²) in [6.45, 7) is 6.41. The number of anilines is 1. The van der Waals surface area contributed by atoms with Crippen LogP contribution in [0.25, 0.3) is 0 Å². The number of nitrogens with one attached hydrogen (secondary N) is 1. The molecule has 0 saturated heterocycles. The fourth-order valence-corrected chi connectivity index (χ4v) is 2.16. The molecule has 0 aromatic carbocycles. The topological polar surface area (TPSA) is 52.6 Å². The van der Waals surface area contributed by atoms with Crippen LogP contribution in [0.4, 0.5) is 5.13 Å². The maximum atomic E-state index is 5.53. The quantitative estimate of drug-likeness (QED) is 0.599. The number of hydrogen-bond donors (Lipinski definition) is 1. The molecule has 0 spiro atoms. The van der Waals surface area contributed by atoms with Gasteiger partial charge in [0.15, 0.2) is 5.13 Å². The summed E-state index contributed by atoms with van der Waals surface area (Å²) in [5.74, 6) is 0. The van der Waals surface area contributed by atoms with Crippen LogP contribution in [0, 0.1) is 0 Å². The first-order valence-electron chi connectivity index (χ1n) is 6.69. The molecule has 1 aromatic rings. The van der Waals surface area contributed by atoms with Crippen molar-refractivity contribution in [2.24, 2.45) is 0 Å². The molecular formula is C13H24N2O3S. The summed E-state index contributed by atoms with van der Waals surface area (Å²) in [6, 6.07) is 0. The largest absolute Gasteiger partial charge is 0.385 e. The molecule has 0 aliphatic heterocycles. The highest BCUT2D eigenvalue weighted by Crippen LogP contribution is 2.18. The average molecular weight is 288 g/mol. The fourth-order valence-electron chi connectivity index (χ4n) is 1.39. The first-order valence-corrected chi connectivity index (χ1v) is 7.51. The van der Waals surface area contributed by atoms with E-state index in [2.05, 4.69) is 17.2 Å². The van der Waals surface area contributed by atoms with Crippen molar-refractivity contribution < 1.29 is 14.2 Å². The van der Waals surface area contributed by atoms with E-state index in [1.807, 2.05) is 6.20 Å². The van der Waals surface area contributed by atoms with E-state index < -0.39 is 0 Å². The molecule has 0 amide bonds. The smallest absolute Gasteiger partial charge is 0.182 e. The molecule has 1 heterocycles. The third-order valence-electron chi connectivity index (χ3n) is 2.33. The van der Waals surface area contributed by atoms with E-state index in [9.17, 15) is 0 Å². The highest BCUT2D eigenvalue weighted by molar-refractivity contribution is 7.15. The summed E-state index contributed by atoms with van der Waals surface area (Å²) in [5, 5.41) is 4.23. The number of nitrogens with zero attached hydrogens (tertiary/aromatic N) is 1. The van der Waals surface area contributed by atoms with Crippen molar-refractivity contribution in [1.29, 1.82) is 0 Å². The Kier molecular flexibility index (Phi) is 9.61. The van der Waals surface area contributed by atoms with Crippen molar-refractivity contribution in [2.45, 2.75) is 26.4 Å². The molecule has 0 saturated carbocycles. The van der Waals surface area contributed by atoms with Gasteiger partial charge in [-0.2, -0.15) is 0 Å². The zero-order chi connectivity index (χ0) is 13.8. The molecule has 1 aromatic heterocycles. The molecule has 6 heteroatoms. The van der Waals surface area contributed by atoms with Crippen molar-refractivity contribution in [3.63, 3.8) is 0 Å². The Morgan fingerprint density at radius 3 is 2.84 bits per heavy atom. The fraction of sp³-hybridized carbons (Fsp3) is 0.769. The maximum absolute atomic E-state index is 5.53. The predicted octanol–water partition coefficient (Wildman–Crippen LogP) is 2.53. The summed E-state index contributed by atoms with van der Waals surface area (Å²) in [5.41, 5.74) is 0. The summed E-state index contributed by atoms with van der Waals surface area (Å²) in [6.07, 6.45) is 3.89. The van der Waals surface area contributed by atoms with Gasteiger partial charge in [-0.1, -0.05) is 18.3 Å². The van der Waals surface area contributed by atoms with E-state index >= 15 is 0 Å². The van der Waals surface area contributed by atoms with Gasteiger partial charge < -0.3 is 19.5 Å². The molecule has 0 bridgehead atoms. The Labute approximate surface area is 119 Å². The SMILES string of the molecule is CCCNc1ncc(COCCOCCCOC)s1. The van der Waals surface area contributed by atoms with Gasteiger partial charge in [0.1, 0.15) is 0 Å². The van der Waals surface area contributed by atoms with Crippen LogP contribution in [0.15, 0.2) is 6.20 Å². The van der Waals surface area contributed by atoms with Gasteiger partial charge in [0.05, 0.1) is 24.7 Å². The Bertz CT molecular complexity index is 321. The van der Waals surface area contributed by atoms with Crippen LogP contribution >= 0.6 is 11.3 Å². The second kappa shape index (κ2) is 11.2. The van der Waals surface area contributed by atoms with E-state index in [0.717, 1.165) is 42.6 Å². The lowest BCUT2D eigenvalue weighted by Gasteiger charge is -2.04. The second-order valence-corrected chi connectivity index (χ2v) is 5.19. The number of hydrogen-bond acceptors (Lipinski definition) is 6. The average Bonchev–Trinajstić information content (AvgIpc) is 2.87. The molecule has 0 aliphatic carbocycles. The van der Waals surface area contributed by atoms with Gasteiger partial charge in [-0.15, -0.1) is 0 Å². The van der Waals surface area contributed by atoms with Gasteiger partial charge in [-0.25, -0.2) is 4.98 Å². The van der Waals surface area contributed by atoms with Crippen molar-refractivity contribution >= 4 is 16.5 Å². The highest BCUT2D eigenvalue weighted by Gasteiger charge is 2.01. The number of aromatic nitrogens is 1. The lowest BCUT2D eigenvalue weighted by atomic mass is 10.5. The van der Waals surface area contributed by atoms with E-state index in [1.165, 1.54) is 0 Å². The molecule has 1 rings (SSSR count). The van der Waals surface area contributed by atoms with Gasteiger partial charge in [0.2, 0.25) is 0 Å². The number of thiazole rings is 1. The normalized spacial score (nSPS) is 10.8. The van der Waals surface area contributed by atoms with E-state index in [1.54, 1.807) is 18.4 Å². The molecule has 0 atom stereocenters. The molecule has 110 valence electrons. The summed E-state index contributed by atoms with van der Waals surface area (Å²) < 4.78 is 15.9. The van der Waals surface area contributed by atoms with Gasteiger partial charge in [0, 0.05) is 33.1 Å². The van der Waals surface area contributed by atoms with Crippen LogP contribution in [0.2, 0.25) is 0 Å². The van der Waals surface area contributed by atoms with Crippen LogP contribution in [-0.2, 0) is 20.8 Å². The Hall–Kier alpha value is -0.690. The Morgan fingerprint density at radius 1 is 1.21 bits per heavy atom. The summed E-state index contributed by atoms with van der Waals surface area (Å²) in [7, 11) is 1.70. The number of rotatable bonds is 12. The molecule has 0 unspecified atom stereocenters. The van der Waals surface area contributed by atoms with Crippen molar-refractivity contribution in [2.75, 3.05) is 45.4 Å². The number of ether oxygens (including phenoxy) is 3. The zero-order valence-electron chi connectivity index (χ0n) is 11.8. The van der Waals surface area contributed by atoms with Crippen LogP contribution in [-0.4, -0.2) is 45.1 Å². The first-order chi connectivity index (χ1) is 9.36. The van der Waals surface area contributed by atoms with Crippen LogP contribution < -0.4 is 5.32 Å². The maximum Gasteiger partial charge on any atom is 0.182 e. The minimum Gasteiger partial charge on any atom is -0.385 e. The lowest BCUT2D eigenvalue weighted by Crippen LogP contribution is -2.06. The minimum absolute atomic E-state index is 0.604. The molecule has 0 aliphatic rings. The molecule has 0 radical (unpaired) electrons. The Morgan fingerprint density at radius 2 is 2.05 bits per heavy atom. The highest BCUT2D eigenvalue weighted by atomic mass is 32.1. The molecule has 19 heavy (non-hydrogen) atoms. The predicted molar refractivity (Wildman–Crippen MR) is 77.9 cm³/mol. The van der Waals surface area contributed by atoms with Gasteiger partial charge >= 0.3 is 0 Å². The molecule has 0 fully saturated rings. The van der Waals surface area contributed by atoms with Gasteiger partial charge in [-0.05, 0) is 12.8 Å². The van der Waals surface area contributed by atoms with Crippen molar-refractivity contribution in [1.82, 2.24) is 4.98 Å². The molecular weight excluding hydrogens is 264 g/mol. The third-order valence-corrected chi connectivity index (χ3v) is 3.26. The first kappa shape index (κ1) is 16.4. The number of methoxy groups -OCH3 is 1. The van der Waals surface area contributed by atoms with Gasteiger partial charge in [-0.3, -0.25) is 0 Å². The van der Waals surface area contributed by atoms with Crippen LogP contribution in [0.1, 0.15) is 24.6 Å². The van der Waals surface area contributed by atoms with Crippen molar-refractivity contribution in [3.05, 3.63) is 11.1 Å². The molecule has 5 nitrogen and oxygen atoms in total. The van der Waals surface area contributed by atoms with E-state index in [4.69, 9.17) is 14.2 Å². The Balaban J connectivity index is 1.98.